The van der Waals surface area contributed by atoms with Crippen LogP contribution in [0, 0.1) is 6.92 Å². The molecule has 29 heavy (non-hydrogen) atoms. The third-order valence-corrected chi connectivity index (χ3v) is 4.71. The first-order valence-corrected chi connectivity index (χ1v) is 9.59. The Bertz CT molecular complexity index is 967. The number of aromatic nitrogens is 2. The van der Waals surface area contributed by atoms with Crippen LogP contribution in [0.25, 0.3) is 11.3 Å². The van der Waals surface area contributed by atoms with Gasteiger partial charge in [-0.15, -0.1) is 10.2 Å². The van der Waals surface area contributed by atoms with Gasteiger partial charge in [-0.05, 0) is 43.3 Å². The van der Waals surface area contributed by atoms with Gasteiger partial charge in [0.15, 0.2) is 5.82 Å². The number of ether oxygens (including phenoxy) is 1. The summed E-state index contributed by atoms with van der Waals surface area (Å²) < 4.78 is 5.37. The number of carbonyl (C=O) groups excluding carboxylic acids is 1. The summed E-state index contributed by atoms with van der Waals surface area (Å²) in [4.78, 5) is 14.4. The zero-order valence-electron chi connectivity index (χ0n) is 16.3. The number of benzene rings is 2. The predicted molar refractivity (Wildman–Crippen MR) is 114 cm³/mol. The van der Waals surface area contributed by atoms with Gasteiger partial charge in [0.2, 0.25) is 0 Å². The largest absolute Gasteiger partial charge is 0.378 e. The lowest BCUT2D eigenvalue weighted by molar-refractivity contribution is 0.122. The third-order valence-electron chi connectivity index (χ3n) is 4.71. The van der Waals surface area contributed by atoms with E-state index in [2.05, 4.69) is 25.7 Å². The summed E-state index contributed by atoms with van der Waals surface area (Å²) in [6.45, 7) is 5.07. The van der Waals surface area contributed by atoms with Crippen LogP contribution >= 0.6 is 0 Å². The van der Waals surface area contributed by atoms with Gasteiger partial charge in [-0.2, -0.15) is 0 Å². The van der Waals surface area contributed by atoms with Crippen LogP contribution in [0.3, 0.4) is 0 Å². The van der Waals surface area contributed by atoms with Crippen molar-refractivity contribution in [2.75, 3.05) is 41.8 Å². The maximum Gasteiger partial charge on any atom is 0.323 e. The van der Waals surface area contributed by atoms with E-state index in [1.807, 2.05) is 67.6 Å². The Morgan fingerprint density at radius 1 is 0.931 bits per heavy atom. The van der Waals surface area contributed by atoms with Gasteiger partial charge in [0.1, 0.15) is 0 Å². The summed E-state index contributed by atoms with van der Waals surface area (Å²) in [5, 5.41) is 14.4. The molecule has 7 nitrogen and oxygen atoms in total. The molecule has 0 atom stereocenters. The van der Waals surface area contributed by atoms with E-state index in [9.17, 15) is 4.79 Å². The van der Waals surface area contributed by atoms with Gasteiger partial charge in [-0.25, -0.2) is 4.79 Å². The highest BCUT2D eigenvalue weighted by atomic mass is 16.5. The average molecular weight is 389 g/mol. The van der Waals surface area contributed by atoms with E-state index in [1.165, 1.54) is 0 Å². The normalized spacial score (nSPS) is 13.8. The summed E-state index contributed by atoms with van der Waals surface area (Å²) in [5.74, 6) is 0.851. The lowest BCUT2D eigenvalue weighted by atomic mass is 10.1. The van der Waals surface area contributed by atoms with Gasteiger partial charge in [-0.3, -0.25) is 0 Å². The van der Waals surface area contributed by atoms with Crippen LogP contribution in [0.4, 0.5) is 22.0 Å². The highest BCUT2D eigenvalue weighted by Crippen LogP contribution is 2.22. The van der Waals surface area contributed by atoms with Crippen molar-refractivity contribution < 1.29 is 9.53 Å². The lowest BCUT2D eigenvalue weighted by Crippen LogP contribution is -2.36. The first-order valence-electron chi connectivity index (χ1n) is 9.59. The van der Waals surface area contributed by atoms with Crippen LogP contribution in [-0.2, 0) is 4.74 Å². The van der Waals surface area contributed by atoms with Gasteiger partial charge in [0.05, 0.1) is 18.9 Å². The number of nitrogens with zero attached hydrogens (tertiary/aromatic N) is 3. The molecule has 0 aliphatic carbocycles. The molecule has 2 amide bonds. The van der Waals surface area contributed by atoms with Crippen LogP contribution in [0.5, 0.6) is 0 Å². The number of hydrogen-bond acceptors (Lipinski definition) is 5. The number of morpholine rings is 1. The summed E-state index contributed by atoms with van der Waals surface area (Å²) in [6.07, 6.45) is 0. The predicted octanol–water partition coefficient (Wildman–Crippen LogP) is 3.93. The molecule has 2 aromatic carbocycles. The molecule has 1 aliphatic rings. The second-order valence-corrected chi connectivity index (χ2v) is 6.90. The summed E-state index contributed by atoms with van der Waals surface area (Å²) >= 11 is 0. The van der Waals surface area contributed by atoms with E-state index in [0.29, 0.717) is 18.9 Å². The molecule has 2 N–H and O–H groups in total. The zero-order valence-corrected chi connectivity index (χ0v) is 16.3. The van der Waals surface area contributed by atoms with Crippen LogP contribution < -0.4 is 15.5 Å². The molecule has 148 valence electrons. The van der Waals surface area contributed by atoms with Crippen LogP contribution in [0.1, 0.15) is 5.56 Å². The van der Waals surface area contributed by atoms with Crippen molar-refractivity contribution in [3.05, 3.63) is 66.2 Å². The second-order valence-electron chi connectivity index (χ2n) is 6.90. The van der Waals surface area contributed by atoms with Crippen molar-refractivity contribution in [2.45, 2.75) is 6.92 Å². The smallest absolute Gasteiger partial charge is 0.323 e. The number of carbonyl (C=O) groups is 1. The Balaban J connectivity index is 1.42. The number of anilines is 3. The summed E-state index contributed by atoms with van der Waals surface area (Å²) in [5.41, 5.74) is 4.22. The molecule has 0 radical (unpaired) electrons. The van der Waals surface area contributed by atoms with Crippen molar-refractivity contribution >= 4 is 23.2 Å². The Morgan fingerprint density at radius 2 is 1.69 bits per heavy atom. The molecular formula is C22H23N5O2. The molecule has 1 aliphatic heterocycles. The number of urea groups is 1. The molecule has 0 bridgehead atoms. The van der Waals surface area contributed by atoms with E-state index in [-0.39, 0.29) is 6.03 Å². The molecule has 4 rings (SSSR count). The van der Waals surface area contributed by atoms with Crippen LogP contribution in [-0.4, -0.2) is 42.5 Å². The number of aryl methyl sites for hydroxylation is 1. The van der Waals surface area contributed by atoms with Crippen LogP contribution in [0.15, 0.2) is 60.7 Å². The summed E-state index contributed by atoms with van der Waals surface area (Å²) in [7, 11) is 0. The maximum absolute atomic E-state index is 12.3. The van der Waals surface area contributed by atoms with Gasteiger partial charge in [0.25, 0.3) is 0 Å². The minimum Gasteiger partial charge on any atom is -0.378 e. The molecule has 0 unspecified atom stereocenters. The minimum absolute atomic E-state index is 0.292. The Kier molecular flexibility index (Phi) is 5.67. The quantitative estimate of drug-likeness (QED) is 0.707. The summed E-state index contributed by atoms with van der Waals surface area (Å²) in [6, 6.07) is 18.8. The van der Waals surface area contributed by atoms with Crippen LogP contribution in [0.2, 0.25) is 0 Å². The fourth-order valence-corrected chi connectivity index (χ4v) is 3.13. The Morgan fingerprint density at radius 3 is 2.41 bits per heavy atom. The van der Waals surface area contributed by atoms with Gasteiger partial charge in [0, 0.05) is 30.0 Å². The Hall–Kier alpha value is -3.45. The van der Waals surface area contributed by atoms with E-state index in [0.717, 1.165) is 41.4 Å². The van der Waals surface area contributed by atoms with E-state index in [1.54, 1.807) is 0 Å². The van der Waals surface area contributed by atoms with E-state index in [4.69, 9.17) is 4.74 Å². The van der Waals surface area contributed by atoms with Gasteiger partial charge >= 0.3 is 6.03 Å². The lowest BCUT2D eigenvalue weighted by Gasteiger charge is -2.27. The number of nitrogens with one attached hydrogen (secondary N) is 2. The van der Waals surface area contributed by atoms with Crippen molar-refractivity contribution in [1.29, 1.82) is 0 Å². The first-order chi connectivity index (χ1) is 14.2. The molecule has 1 saturated heterocycles. The first kappa shape index (κ1) is 18.9. The second kappa shape index (κ2) is 8.70. The fourth-order valence-electron chi connectivity index (χ4n) is 3.13. The van der Waals surface area contributed by atoms with Crippen molar-refractivity contribution in [3.8, 4) is 11.3 Å². The van der Waals surface area contributed by atoms with Gasteiger partial charge in [-0.1, -0.05) is 29.8 Å². The maximum atomic E-state index is 12.3. The Labute approximate surface area is 169 Å². The fraction of sp³-hybridized carbons (Fsp3) is 0.227. The molecule has 7 heteroatoms. The monoisotopic (exact) mass is 389 g/mol. The third kappa shape index (κ3) is 4.89. The molecule has 1 fully saturated rings. The van der Waals surface area contributed by atoms with Crippen molar-refractivity contribution in [1.82, 2.24) is 10.2 Å². The standard InChI is InChI=1S/C22H23N5O2/c1-16-5-7-18(8-6-16)23-22(28)24-19-4-2-3-17(15-19)20-9-10-21(26-25-20)27-11-13-29-14-12-27/h2-10,15H,11-14H2,1H3,(H2,23,24,28). The van der Waals surface area contributed by atoms with Crippen molar-refractivity contribution in [3.63, 3.8) is 0 Å². The van der Waals surface area contributed by atoms with Gasteiger partial charge < -0.3 is 20.3 Å². The molecule has 1 aromatic heterocycles. The average Bonchev–Trinajstić information content (AvgIpc) is 2.76. The van der Waals surface area contributed by atoms with E-state index < -0.39 is 0 Å². The number of amides is 2. The topological polar surface area (TPSA) is 79.4 Å². The number of rotatable bonds is 4. The SMILES string of the molecule is Cc1ccc(NC(=O)Nc2cccc(-c3ccc(N4CCOCC4)nn3)c2)cc1. The minimum atomic E-state index is -0.292. The van der Waals surface area contributed by atoms with Crippen molar-refractivity contribution in [2.24, 2.45) is 0 Å². The zero-order chi connectivity index (χ0) is 20.1. The number of hydrogen-bond donors (Lipinski definition) is 2. The molecule has 3 aromatic rings. The molecule has 0 saturated carbocycles. The highest BCUT2D eigenvalue weighted by Gasteiger charge is 2.13. The molecule has 0 spiro atoms. The highest BCUT2D eigenvalue weighted by molar-refractivity contribution is 6.00. The molecule has 2 heterocycles. The van der Waals surface area contributed by atoms with E-state index >= 15 is 0 Å². The molecular weight excluding hydrogens is 366 g/mol.